The van der Waals surface area contributed by atoms with Crippen LogP contribution in [0.2, 0.25) is 0 Å². The van der Waals surface area contributed by atoms with Crippen molar-refractivity contribution in [2.45, 2.75) is 18.3 Å². The molecular weight excluding hydrogens is 465 g/mol. The predicted molar refractivity (Wildman–Crippen MR) is 96.1 cm³/mol. The molecule has 0 unspecified atom stereocenters. The van der Waals surface area contributed by atoms with Gasteiger partial charge in [0.1, 0.15) is 24.4 Å². The summed E-state index contributed by atoms with van der Waals surface area (Å²) in [5.41, 5.74) is 0. The SMILES string of the molecule is CON=C(NC(=O)CCl)C(=O)N[C@@H]1C(=O)N(S(=O)(=O)[O-])[C@@H]1S/C=C/NC(C)=O.[Na+]. The summed E-state index contributed by atoms with van der Waals surface area (Å²) in [4.78, 5) is 50.7. The zero-order valence-corrected chi connectivity index (χ0v) is 19.8. The largest absolute Gasteiger partial charge is 1.00 e. The van der Waals surface area contributed by atoms with Crippen LogP contribution in [0.1, 0.15) is 6.92 Å². The Hall–Kier alpha value is -1.36. The van der Waals surface area contributed by atoms with Crippen molar-refractivity contribution in [3.05, 3.63) is 11.6 Å². The number of β-lactam (4-membered cyclic amide) rings is 1. The number of oxime groups is 1. The van der Waals surface area contributed by atoms with Gasteiger partial charge in [-0.05, 0) is 5.41 Å². The topological polar surface area (TPSA) is 186 Å². The third-order valence-corrected chi connectivity index (χ3v) is 5.20. The molecule has 3 N–H and O–H groups in total. The molecule has 0 aromatic rings. The summed E-state index contributed by atoms with van der Waals surface area (Å²) in [6.45, 7) is 1.23. The van der Waals surface area contributed by atoms with E-state index in [0.29, 0.717) is 11.8 Å². The van der Waals surface area contributed by atoms with Crippen LogP contribution in [0.3, 0.4) is 0 Å². The smallest absolute Gasteiger partial charge is 0.731 e. The van der Waals surface area contributed by atoms with Crippen molar-refractivity contribution in [1.29, 1.82) is 0 Å². The van der Waals surface area contributed by atoms with Crippen molar-refractivity contribution < 1.29 is 66.5 Å². The average molecular weight is 480 g/mol. The van der Waals surface area contributed by atoms with E-state index in [9.17, 15) is 32.1 Å². The molecule has 0 aromatic carbocycles. The number of hydrogen-bond acceptors (Lipinski definition) is 10. The first-order chi connectivity index (χ1) is 13.0. The summed E-state index contributed by atoms with van der Waals surface area (Å²) in [5.74, 6) is -4.60. The molecule has 1 fully saturated rings. The van der Waals surface area contributed by atoms with Crippen LogP contribution in [0.15, 0.2) is 16.8 Å². The number of rotatable bonds is 7. The Balaban J connectivity index is 0.00000784. The van der Waals surface area contributed by atoms with E-state index in [1.165, 1.54) is 12.3 Å². The molecule has 0 radical (unpaired) electrons. The summed E-state index contributed by atoms with van der Waals surface area (Å²) < 4.78 is 33.8. The molecule has 1 aliphatic rings. The summed E-state index contributed by atoms with van der Waals surface area (Å²) in [5, 5.41) is 9.61. The van der Waals surface area contributed by atoms with E-state index in [1.807, 2.05) is 5.32 Å². The van der Waals surface area contributed by atoms with E-state index >= 15 is 0 Å². The fraction of sp³-hybridized carbons (Fsp3) is 0.417. The van der Waals surface area contributed by atoms with Gasteiger partial charge in [0.15, 0.2) is 10.3 Å². The molecule has 4 amide bonds. The van der Waals surface area contributed by atoms with Crippen molar-refractivity contribution in [2.75, 3.05) is 13.0 Å². The van der Waals surface area contributed by atoms with Gasteiger partial charge >= 0.3 is 29.6 Å². The van der Waals surface area contributed by atoms with Crippen LogP contribution in [0.5, 0.6) is 0 Å². The van der Waals surface area contributed by atoms with Crippen LogP contribution in [0.4, 0.5) is 0 Å². The second-order valence-electron chi connectivity index (χ2n) is 4.88. The third kappa shape index (κ3) is 8.12. The van der Waals surface area contributed by atoms with Gasteiger partial charge in [0.05, 0.1) is 0 Å². The minimum atomic E-state index is -5.14. The molecule has 1 rings (SSSR count). The normalized spacial score (nSPS) is 19.1. The summed E-state index contributed by atoms with van der Waals surface area (Å²) in [7, 11) is -4.05. The van der Waals surface area contributed by atoms with Crippen molar-refractivity contribution in [3.63, 3.8) is 0 Å². The Kier molecular flexibility index (Phi) is 11.8. The zero-order valence-electron chi connectivity index (χ0n) is 15.4. The Morgan fingerprint density at radius 1 is 1.41 bits per heavy atom. The monoisotopic (exact) mass is 479 g/mol. The second-order valence-corrected chi connectivity index (χ2v) is 7.42. The van der Waals surface area contributed by atoms with Crippen molar-refractivity contribution in [2.24, 2.45) is 5.16 Å². The second kappa shape index (κ2) is 12.4. The van der Waals surface area contributed by atoms with Gasteiger partial charge < -0.3 is 25.3 Å². The molecule has 17 heteroatoms. The Morgan fingerprint density at radius 2 is 2.03 bits per heavy atom. The maximum absolute atomic E-state index is 12.2. The number of nitrogens with one attached hydrogen (secondary N) is 3. The molecule has 13 nitrogen and oxygen atoms in total. The minimum absolute atomic E-state index is 0. The van der Waals surface area contributed by atoms with E-state index in [-0.39, 0.29) is 33.9 Å². The van der Waals surface area contributed by atoms with Gasteiger partial charge in [-0.25, -0.2) is 12.7 Å². The molecule has 0 aromatic heterocycles. The minimum Gasteiger partial charge on any atom is -0.731 e. The van der Waals surface area contributed by atoms with Crippen molar-refractivity contribution in [1.82, 2.24) is 20.3 Å². The number of thioether (sulfide) groups is 1. The van der Waals surface area contributed by atoms with Gasteiger partial charge in [0.2, 0.25) is 17.6 Å². The molecule has 0 saturated carbocycles. The van der Waals surface area contributed by atoms with E-state index in [2.05, 4.69) is 20.6 Å². The Bertz CT molecular complexity index is 821. The van der Waals surface area contributed by atoms with Gasteiger partial charge in [-0.3, -0.25) is 19.2 Å². The van der Waals surface area contributed by atoms with Crippen molar-refractivity contribution >= 4 is 63.1 Å². The molecule has 0 spiro atoms. The van der Waals surface area contributed by atoms with E-state index in [1.54, 1.807) is 0 Å². The number of carbonyl (C=O) groups excluding carboxylic acids is 4. The van der Waals surface area contributed by atoms with Gasteiger partial charge in [0.25, 0.3) is 11.8 Å². The molecule has 0 bridgehead atoms. The standard InChI is InChI=1S/C12H16ClN5O8S2.Na/c1-6(19)14-3-4-27-12-8(11(22)18(12)28(23,24)25)16-10(21)9(17-26-2)15-7(20)5-13;/h3-4,8,12H,5H2,1-2H3,(H,14,19)(H,16,21)(H,15,17,20)(H,23,24,25);/q;+1/p-1/b4-3+;/t8-,12-;/m1./s1. The third-order valence-electron chi connectivity index (χ3n) is 2.88. The number of hydrogen-bond donors (Lipinski definition) is 3. The first kappa shape index (κ1) is 27.6. The van der Waals surface area contributed by atoms with Gasteiger partial charge in [-0.1, -0.05) is 5.16 Å². The maximum atomic E-state index is 12.2. The van der Waals surface area contributed by atoms with Crippen molar-refractivity contribution in [3.8, 4) is 0 Å². The van der Waals surface area contributed by atoms with Gasteiger partial charge in [0, 0.05) is 13.1 Å². The molecule has 0 aliphatic carbocycles. The van der Waals surface area contributed by atoms with Crippen LogP contribution in [0.25, 0.3) is 0 Å². The molecule has 1 heterocycles. The molecule has 2 atom stereocenters. The predicted octanol–water partition coefficient (Wildman–Crippen LogP) is -5.24. The Morgan fingerprint density at radius 3 is 2.52 bits per heavy atom. The van der Waals surface area contributed by atoms with Gasteiger partial charge in [-0.15, -0.1) is 23.4 Å². The quantitative estimate of drug-likeness (QED) is 0.0609. The van der Waals surface area contributed by atoms with Gasteiger partial charge in [-0.2, -0.15) is 0 Å². The van der Waals surface area contributed by atoms with Crippen LogP contribution >= 0.6 is 23.4 Å². The maximum Gasteiger partial charge on any atom is 1.00 e. The molecule has 1 saturated heterocycles. The van der Waals surface area contributed by atoms with Crippen LogP contribution in [-0.4, -0.2) is 71.1 Å². The summed E-state index contributed by atoms with van der Waals surface area (Å²) in [6, 6.07) is -1.43. The summed E-state index contributed by atoms with van der Waals surface area (Å²) in [6.07, 6.45) is 1.16. The van der Waals surface area contributed by atoms with Crippen LogP contribution < -0.4 is 45.5 Å². The van der Waals surface area contributed by atoms with E-state index in [0.717, 1.165) is 13.3 Å². The molecule has 156 valence electrons. The summed E-state index contributed by atoms with van der Waals surface area (Å²) >= 11 is 5.99. The Labute approximate surface area is 197 Å². The number of nitrogens with zero attached hydrogens (tertiary/aromatic N) is 2. The number of amides is 4. The fourth-order valence-electron chi connectivity index (χ4n) is 1.80. The van der Waals surface area contributed by atoms with Crippen LogP contribution in [-0.2, 0) is 34.3 Å². The van der Waals surface area contributed by atoms with Crippen LogP contribution in [0, 0.1) is 0 Å². The average Bonchev–Trinajstić information content (AvgIpc) is 2.59. The molecular formula is C12H15ClN5NaO8S2. The van der Waals surface area contributed by atoms with E-state index in [4.69, 9.17) is 11.6 Å². The first-order valence-corrected chi connectivity index (χ1v) is 10.0. The fourth-order valence-corrected chi connectivity index (χ4v) is 3.91. The first-order valence-electron chi connectivity index (χ1n) is 7.17. The molecule has 1 aliphatic heterocycles. The number of alkyl halides is 1. The molecule has 29 heavy (non-hydrogen) atoms. The zero-order chi connectivity index (χ0) is 21.5. The van der Waals surface area contributed by atoms with E-state index < -0.39 is 57.1 Å². The number of halogens is 1. The number of amidine groups is 1. The number of carbonyl (C=O) groups is 4.